The highest BCUT2D eigenvalue weighted by molar-refractivity contribution is 5.59. The van der Waals surface area contributed by atoms with Gasteiger partial charge in [0, 0.05) is 35.4 Å². The van der Waals surface area contributed by atoms with Crippen molar-refractivity contribution in [1.29, 1.82) is 0 Å². The van der Waals surface area contributed by atoms with Crippen LogP contribution in [0.4, 0.5) is 0 Å². The van der Waals surface area contributed by atoms with Gasteiger partial charge in [-0.2, -0.15) is 12.4 Å². The second-order valence-corrected chi connectivity index (χ2v) is 14.7. The standard InChI is InChI=1S/C40H51N2O6/c1-47-40-33(18-25-13-15-41-23-25)32(21-36(45)39(40)46)38-22-35(44)30-11-9-27(20-37(30)48-38)26-10-12-34(43)31(19-26)28-6-4-5-24(17-28)14-16-42-29-7-2-3-8-29/h4,6,10,12-13,15,19,21,23-24,27-30,35,37-38,42-46H,2-3,5,7-9,11,14,16-18,20,22H2,1H3/q-1. The van der Waals surface area contributed by atoms with E-state index in [1.807, 2.05) is 12.1 Å². The number of phenols is 3. The van der Waals surface area contributed by atoms with Gasteiger partial charge < -0.3 is 40.2 Å². The lowest BCUT2D eigenvalue weighted by atomic mass is 9.71. The number of benzene rings is 2. The third-order valence-corrected chi connectivity index (χ3v) is 11.7. The monoisotopic (exact) mass is 655 g/mol. The minimum absolute atomic E-state index is 0.0318. The average molecular weight is 656 g/mol. The Balaban J connectivity index is 1.07. The van der Waals surface area contributed by atoms with Gasteiger partial charge in [-0.15, -0.1) is 0 Å². The Kier molecular flexibility index (Phi) is 10.0. The van der Waals surface area contributed by atoms with E-state index in [2.05, 4.69) is 34.6 Å². The van der Waals surface area contributed by atoms with E-state index < -0.39 is 12.2 Å². The highest BCUT2D eigenvalue weighted by Crippen LogP contribution is 2.50. The number of methoxy groups -OCH3 is 1. The highest BCUT2D eigenvalue weighted by atomic mass is 16.5. The zero-order valence-corrected chi connectivity index (χ0v) is 28.1. The number of hydrogen-bond acceptors (Lipinski definition) is 7. The Labute approximate surface area is 284 Å². The van der Waals surface area contributed by atoms with Crippen LogP contribution in [0.2, 0.25) is 0 Å². The van der Waals surface area contributed by atoms with Gasteiger partial charge in [0.15, 0.2) is 11.5 Å². The number of rotatable bonds is 10. The number of aromatic nitrogens is 1. The number of ether oxygens (including phenoxy) is 2. The van der Waals surface area contributed by atoms with Crippen LogP contribution in [0, 0.1) is 11.8 Å². The third kappa shape index (κ3) is 6.98. The fraction of sp³-hybridized carbons (Fsp3) is 0.550. The molecule has 0 spiro atoms. The molecule has 0 bridgehead atoms. The summed E-state index contributed by atoms with van der Waals surface area (Å²) in [6.07, 6.45) is 19.0. The van der Waals surface area contributed by atoms with E-state index in [0.717, 1.165) is 55.3 Å². The molecule has 8 nitrogen and oxygen atoms in total. The molecule has 2 saturated carbocycles. The number of phenolic OH excluding ortho intramolecular Hbond substituents is 3. The molecule has 7 atom stereocenters. The predicted octanol–water partition coefficient (Wildman–Crippen LogP) is 7.11. The van der Waals surface area contributed by atoms with E-state index in [4.69, 9.17) is 9.47 Å². The van der Waals surface area contributed by atoms with Gasteiger partial charge in [-0.05, 0) is 99.4 Å². The molecule has 1 aromatic heterocycles. The van der Waals surface area contributed by atoms with Crippen LogP contribution in [0.25, 0.3) is 0 Å². The number of aliphatic hydroxyl groups is 1. The van der Waals surface area contributed by atoms with Crippen molar-refractivity contribution in [1.82, 2.24) is 10.3 Å². The van der Waals surface area contributed by atoms with E-state index in [0.29, 0.717) is 36.1 Å². The van der Waals surface area contributed by atoms with Crippen molar-refractivity contribution in [3.8, 4) is 23.0 Å². The van der Waals surface area contributed by atoms with E-state index >= 15 is 0 Å². The number of aromatic hydroxyl groups is 3. The number of allylic oxidation sites excluding steroid dienone is 2. The van der Waals surface area contributed by atoms with Crippen LogP contribution in [0.3, 0.4) is 0 Å². The van der Waals surface area contributed by atoms with Crippen LogP contribution < -0.4 is 15.0 Å². The molecule has 5 N–H and O–H groups in total. The average Bonchev–Trinajstić information content (AvgIpc) is 3.82. The number of aliphatic hydroxyl groups excluding tert-OH is 1. The Hall–Kier alpha value is -3.46. The summed E-state index contributed by atoms with van der Waals surface area (Å²) in [5, 5.41) is 47.5. The topological polar surface area (TPSA) is 126 Å². The third-order valence-electron chi connectivity index (χ3n) is 11.7. The predicted molar refractivity (Wildman–Crippen MR) is 185 cm³/mol. The van der Waals surface area contributed by atoms with Crippen molar-refractivity contribution in [3.63, 3.8) is 0 Å². The molecule has 2 aromatic carbocycles. The summed E-state index contributed by atoms with van der Waals surface area (Å²) < 4.78 is 12.4. The number of hydrogen-bond donors (Lipinski definition) is 5. The van der Waals surface area contributed by atoms with Crippen LogP contribution >= 0.6 is 0 Å². The summed E-state index contributed by atoms with van der Waals surface area (Å²) in [7, 11) is 1.48. The zero-order valence-electron chi connectivity index (χ0n) is 28.1. The molecule has 48 heavy (non-hydrogen) atoms. The lowest BCUT2D eigenvalue weighted by Gasteiger charge is -2.45. The van der Waals surface area contributed by atoms with E-state index in [9.17, 15) is 20.4 Å². The lowest BCUT2D eigenvalue weighted by Crippen LogP contribution is -2.44. The minimum Gasteiger partial charge on any atom is -0.670 e. The Morgan fingerprint density at radius 2 is 1.81 bits per heavy atom. The second kappa shape index (κ2) is 14.6. The number of nitrogens with zero attached hydrogens (tertiary/aromatic N) is 1. The normalized spacial score (nSPS) is 29.2. The number of fused-ring (bicyclic) bond motifs is 1. The molecule has 0 radical (unpaired) electrons. The maximum absolute atomic E-state index is 11.4. The van der Waals surface area contributed by atoms with E-state index in [1.54, 1.807) is 18.5 Å². The van der Waals surface area contributed by atoms with Gasteiger partial charge in [0.2, 0.25) is 5.75 Å². The van der Waals surface area contributed by atoms with Gasteiger partial charge in [-0.1, -0.05) is 48.8 Å². The molecule has 0 amide bonds. The van der Waals surface area contributed by atoms with Crippen molar-refractivity contribution in [2.75, 3.05) is 13.7 Å². The molecule has 3 aromatic rings. The molecule has 3 fully saturated rings. The van der Waals surface area contributed by atoms with Crippen molar-refractivity contribution in [3.05, 3.63) is 82.7 Å². The summed E-state index contributed by atoms with van der Waals surface area (Å²) in [5.41, 5.74) is 4.62. The first-order valence-electron chi connectivity index (χ1n) is 18.1. The molecule has 7 unspecified atom stereocenters. The van der Waals surface area contributed by atoms with Crippen LogP contribution in [-0.4, -0.2) is 52.3 Å². The molecule has 8 heteroatoms. The summed E-state index contributed by atoms with van der Waals surface area (Å²) in [6.45, 7) is 1.07. The van der Waals surface area contributed by atoms with Gasteiger partial charge in [-0.3, -0.25) is 0 Å². The highest BCUT2D eigenvalue weighted by Gasteiger charge is 2.43. The first kappa shape index (κ1) is 33.1. The molecular formula is C40H51N2O6-. The molecule has 2 heterocycles. The van der Waals surface area contributed by atoms with Crippen molar-refractivity contribution >= 4 is 0 Å². The summed E-state index contributed by atoms with van der Waals surface area (Å²) in [6, 6.07) is 10.3. The van der Waals surface area contributed by atoms with Crippen LogP contribution in [0.5, 0.6) is 23.0 Å². The smallest absolute Gasteiger partial charge is 0.200 e. The summed E-state index contributed by atoms with van der Waals surface area (Å²) >= 11 is 0. The first-order valence-corrected chi connectivity index (χ1v) is 18.1. The van der Waals surface area contributed by atoms with Gasteiger partial charge in [-0.25, -0.2) is 0 Å². The van der Waals surface area contributed by atoms with Crippen LogP contribution in [0.15, 0.2) is 54.9 Å². The fourth-order valence-electron chi connectivity index (χ4n) is 9.11. The van der Waals surface area contributed by atoms with Gasteiger partial charge in [0.25, 0.3) is 0 Å². The summed E-state index contributed by atoms with van der Waals surface area (Å²) in [4.78, 5) is 4.18. The van der Waals surface area contributed by atoms with Crippen molar-refractivity contribution in [2.45, 2.75) is 113 Å². The Morgan fingerprint density at radius 1 is 0.958 bits per heavy atom. The van der Waals surface area contributed by atoms with Crippen molar-refractivity contribution in [2.24, 2.45) is 11.8 Å². The van der Waals surface area contributed by atoms with Crippen LogP contribution in [0.1, 0.15) is 116 Å². The quantitative estimate of drug-likeness (QED) is 0.116. The Bertz CT molecular complexity index is 1560. The van der Waals surface area contributed by atoms with Gasteiger partial charge in [0.1, 0.15) is 5.75 Å². The molecule has 258 valence electrons. The Morgan fingerprint density at radius 3 is 2.60 bits per heavy atom. The first-order chi connectivity index (χ1) is 23.4. The fourth-order valence-corrected chi connectivity index (χ4v) is 9.11. The van der Waals surface area contributed by atoms with Crippen molar-refractivity contribution < 1.29 is 29.9 Å². The molecule has 4 aliphatic rings. The van der Waals surface area contributed by atoms with E-state index in [1.165, 1.54) is 44.8 Å². The lowest BCUT2D eigenvalue weighted by molar-refractivity contribution is -0.154. The van der Waals surface area contributed by atoms with Gasteiger partial charge in [0.05, 0.1) is 25.4 Å². The maximum atomic E-state index is 11.4. The molecule has 7 rings (SSSR count). The second-order valence-electron chi connectivity index (χ2n) is 14.7. The largest absolute Gasteiger partial charge is 0.670 e. The van der Waals surface area contributed by atoms with E-state index in [-0.39, 0.29) is 41.1 Å². The van der Waals surface area contributed by atoms with Gasteiger partial charge >= 0.3 is 0 Å². The minimum atomic E-state index is -0.548. The number of nitrogens with one attached hydrogen (secondary N) is 1. The molecular weight excluding hydrogens is 604 g/mol. The maximum Gasteiger partial charge on any atom is 0.200 e. The van der Waals surface area contributed by atoms with Crippen LogP contribution in [-0.2, 0) is 11.2 Å². The summed E-state index contributed by atoms with van der Waals surface area (Å²) in [5.74, 6) is 1.10. The molecule has 1 aliphatic heterocycles. The zero-order chi connectivity index (χ0) is 33.2. The molecule has 1 saturated heterocycles. The molecule has 3 aliphatic carbocycles. The SMILES string of the molecule is COc1c(O)c(O)cc(C2CC(O)C3CCC(c4ccc(O)c(C5C=CCC(CCNC6CCCC6)C5)c4)CC3O2)c1Cc1cc[n-]c1.